The number of benzene rings is 2. The molecule has 2 aromatic rings. The molecule has 1 atom stereocenters. The number of carbonyl (C=O) groups excluding carboxylic acids is 2. The van der Waals surface area contributed by atoms with Crippen molar-refractivity contribution in [1.82, 2.24) is 9.80 Å². The van der Waals surface area contributed by atoms with E-state index in [1.54, 1.807) is 42.5 Å². The molecule has 0 spiro atoms. The molecule has 1 aliphatic heterocycles. The molecule has 3 rings (SSSR count). The van der Waals surface area contributed by atoms with Crippen molar-refractivity contribution >= 4 is 17.4 Å². The highest BCUT2D eigenvalue weighted by Gasteiger charge is 2.46. The van der Waals surface area contributed by atoms with Gasteiger partial charge in [-0.25, -0.2) is 0 Å². The van der Waals surface area contributed by atoms with Crippen LogP contribution in [0.1, 0.15) is 30.5 Å². The lowest BCUT2D eigenvalue weighted by atomic mass is 9.95. The molecular formula is C26H32N2O6. The van der Waals surface area contributed by atoms with Gasteiger partial charge in [0.2, 0.25) is 0 Å². The molecule has 0 aliphatic carbocycles. The topological polar surface area (TPSA) is 88.5 Å². The van der Waals surface area contributed by atoms with Crippen LogP contribution in [0, 0.1) is 0 Å². The fourth-order valence-electron chi connectivity index (χ4n) is 3.90. The third kappa shape index (κ3) is 5.17. The molecule has 34 heavy (non-hydrogen) atoms. The second-order valence-electron chi connectivity index (χ2n) is 8.29. The number of likely N-dealkylation sites (tertiary alicyclic amines) is 1. The van der Waals surface area contributed by atoms with Crippen molar-refractivity contribution in [3.05, 3.63) is 59.2 Å². The number of aliphatic hydroxyl groups excluding tert-OH is 1. The number of methoxy groups -OCH3 is 2. The average Bonchev–Trinajstić information content (AvgIpc) is 3.10. The number of hydrogen-bond donors (Lipinski definition) is 1. The fraction of sp³-hybridized carbons (Fsp3) is 0.385. The third-order valence-electron chi connectivity index (χ3n) is 5.63. The minimum Gasteiger partial charge on any atom is -0.507 e. The van der Waals surface area contributed by atoms with E-state index in [0.717, 1.165) is 6.42 Å². The normalized spacial score (nSPS) is 17.4. The van der Waals surface area contributed by atoms with Gasteiger partial charge in [-0.15, -0.1) is 0 Å². The van der Waals surface area contributed by atoms with Gasteiger partial charge in [0, 0.05) is 18.7 Å². The van der Waals surface area contributed by atoms with Gasteiger partial charge < -0.3 is 29.1 Å². The van der Waals surface area contributed by atoms with Crippen molar-refractivity contribution < 1.29 is 28.9 Å². The van der Waals surface area contributed by atoms with E-state index in [4.69, 9.17) is 14.2 Å². The number of amides is 1. The van der Waals surface area contributed by atoms with Gasteiger partial charge in [-0.1, -0.05) is 25.1 Å². The summed E-state index contributed by atoms with van der Waals surface area (Å²) >= 11 is 0. The summed E-state index contributed by atoms with van der Waals surface area (Å²) < 4.78 is 16.5. The van der Waals surface area contributed by atoms with Crippen LogP contribution >= 0.6 is 0 Å². The smallest absolute Gasteiger partial charge is 0.295 e. The van der Waals surface area contributed by atoms with Crippen LogP contribution in [0.15, 0.2) is 48.0 Å². The quantitative estimate of drug-likeness (QED) is 0.324. The average molecular weight is 469 g/mol. The minimum absolute atomic E-state index is 0.0311. The third-order valence-corrected chi connectivity index (χ3v) is 5.63. The molecule has 1 fully saturated rings. The van der Waals surface area contributed by atoms with Gasteiger partial charge in [-0.3, -0.25) is 9.59 Å². The maximum absolute atomic E-state index is 13.2. The van der Waals surface area contributed by atoms with Gasteiger partial charge >= 0.3 is 0 Å². The van der Waals surface area contributed by atoms with Crippen LogP contribution in [0.3, 0.4) is 0 Å². The van der Waals surface area contributed by atoms with Crippen molar-refractivity contribution in [1.29, 1.82) is 0 Å². The Morgan fingerprint density at radius 1 is 1.06 bits per heavy atom. The van der Waals surface area contributed by atoms with Gasteiger partial charge in [-0.05, 0) is 50.3 Å². The molecule has 0 bridgehead atoms. The predicted molar refractivity (Wildman–Crippen MR) is 129 cm³/mol. The zero-order valence-corrected chi connectivity index (χ0v) is 20.3. The van der Waals surface area contributed by atoms with Gasteiger partial charge in [0.15, 0.2) is 11.5 Å². The van der Waals surface area contributed by atoms with Gasteiger partial charge in [0.1, 0.15) is 11.5 Å². The fourth-order valence-corrected chi connectivity index (χ4v) is 3.90. The largest absolute Gasteiger partial charge is 0.507 e. The number of rotatable bonds is 10. The first-order valence-electron chi connectivity index (χ1n) is 11.2. The summed E-state index contributed by atoms with van der Waals surface area (Å²) in [5.74, 6) is -0.0502. The summed E-state index contributed by atoms with van der Waals surface area (Å²) in [5, 5.41) is 11.3. The van der Waals surface area contributed by atoms with Crippen LogP contribution in [-0.2, 0) is 9.59 Å². The maximum Gasteiger partial charge on any atom is 0.295 e. The van der Waals surface area contributed by atoms with E-state index in [1.165, 1.54) is 19.1 Å². The van der Waals surface area contributed by atoms with E-state index in [-0.39, 0.29) is 11.3 Å². The standard InChI is InChI=1S/C26H32N2O6/c1-6-14-34-19-9-7-8-18(15-19)24(29)22-23(17-10-11-20(32-4)21(16-17)33-5)28(13-12-27(2)3)26(31)25(22)30/h7-11,15-16,23,29H,6,12-14H2,1-5H3/b24-22-. The lowest BCUT2D eigenvalue weighted by molar-refractivity contribution is -0.140. The molecular weight excluding hydrogens is 436 g/mol. The highest BCUT2D eigenvalue weighted by Crippen LogP contribution is 2.42. The summed E-state index contributed by atoms with van der Waals surface area (Å²) in [6.07, 6.45) is 0.840. The molecule has 1 saturated heterocycles. The Morgan fingerprint density at radius 2 is 1.79 bits per heavy atom. The molecule has 0 radical (unpaired) electrons. The summed E-state index contributed by atoms with van der Waals surface area (Å²) in [6.45, 7) is 3.40. The first kappa shape index (κ1) is 25.1. The molecule has 0 aromatic heterocycles. The van der Waals surface area contributed by atoms with Crippen LogP contribution in [0.2, 0.25) is 0 Å². The summed E-state index contributed by atoms with van der Waals surface area (Å²) in [7, 11) is 6.84. The molecule has 1 amide bonds. The van der Waals surface area contributed by atoms with E-state index in [1.807, 2.05) is 25.9 Å². The Labute approximate surface area is 200 Å². The second-order valence-corrected chi connectivity index (χ2v) is 8.29. The number of ether oxygens (including phenoxy) is 3. The van der Waals surface area contributed by atoms with Gasteiger partial charge in [0.05, 0.1) is 32.4 Å². The van der Waals surface area contributed by atoms with Crippen LogP contribution in [-0.4, -0.2) is 74.6 Å². The Hall–Kier alpha value is -3.52. The van der Waals surface area contributed by atoms with Crippen LogP contribution in [0.4, 0.5) is 0 Å². The number of ketones is 1. The zero-order valence-electron chi connectivity index (χ0n) is 20.3. The molecule has 1 unspecified atom stereocenters. The van der Waals surface area contributed by atoms with Crippen molar-refractivity contribution in [2.24, 2.45) is 0 Å². The number of carbonyl (C=O) groups is 2. The minimum atomic E-state index is -0.778. The van der Waals surface area contributed by atoms with Crippen molar-refractivity contribution in [2.75, 3.05) is 48.0 Å². The molecule has 2 aromatic carbocycles. The lowest BCUT2D eigenvalue weighted by Gasteiger charge is -2.27. The Bertz CT molecular complexity index is 1080. The molecule has 1 heterocycles. The highest BCUT2D eigenvalue weighted by atomic mass is 16.5. The van der Waals surface area contributed by atoms with Gasteiger partial charge in [0.25, 0.3) is 11.7 Å². The first-order valence-corrected chi connectivity index (χ1v) is 11.2. The Kier molecular flexibility index (Phi) is 8.17. The Morgan fingerprint density at radius 3 is 2.44 bits per heavy atom. The van der Waals surface area contributed by atoms with E-state index in [0.29, 0.717) is 48.1 Å². The van der Waals surface area contributed by atoms with E-state index in [9.17, 15) is 14.7 Å². The van der Waals surface area contributed by atoms with Crippen LogP contribution in [0.5, 0.6) is 17.2 Å². The second kappa shape index (κ2) is 11.1. The molecule has 1 N–H and O–H groups in total. The van der Waals surface area contributed by atoms with Crippen molar-refractivity contribution in [2.45, 2.75) is 19.4 Å². The molecule has 182 valence electrons. The van der Waals surface area contributed by atoms with Gasteiger partial charge in [-0.2, -0.15) is 0 Å². The maximum atomic E-state index is 13.2. The van der Waals surface area contributed by atoms with E-state index >= 15 is 0 Å². The number of aliphatic hydroxyl groups is 1. The molecule has 0 saturated carbocycles. The SMILES string of the molecule is CCCOc1cccc(/C(O)=C2/C(=O)C(=O)N(CCN(C)C)C2c2ccc(OC)c(OC)c2)c1. The van der Waals surface area contributed by atoms with E-state index < -0.39 is 17.7 Å². The molecule has 8 heteroatoms. The number of Topliss-reactive ketones (excluding diaryl/α,β-unsaturated/α-hetero) is 1. The summed E-state index contributed by atoms with van der Waals surface area (Å²) in [4.78, 5) is 29.7. The van der Waals surface area contributed by atoms with E-state index in [2.05, 4.69) is 0 Å². The Balaban J connectivity index is 2.15. The molecule has 8 nitrogen and oxygen atoms in total. The summed E-state index contributed by atoms with van der Waals surface area (Å²) in [6, 6.07) is 11.3. The highest BCUT2D eigenvalue weighted by molar-refractivity contribution is 6.46. The lowest BCUT2D eigenvalue weighted by Crippen LogP contribution is -2.35. The number of likely N-dealkylation sites (N-methyl/N-ethyl adjacent to an activating group) is 1. The zero-order chi connectivity index (χ0) is 24.8. The van der Waals surface area contributed by atoms with Crippen molar-refractivity contribution in [3.8, 4) is 17.2 Å². The number of nitrogens with zero attached hydrogens (tertiary/aromatic N) is 2. The first-order chi connectivity index (χ1) is 16.3. The van der Waals surface area contributed by atoms with Crippen LogP contribution < -0.4 is 14.2 Å². The monoisotopic (exact) mass is 468 g/mol. The van der Waals surface area contributed by atoms with Crippen molar-refractivity contribution in [3.63, 3.8) is 0 Å². The summed E-state index contributed by atoms with van der Waals surface area (Å²) in [5.41, 5.74) is 1.07. The van der Waals surface area contributed by atoms with Crippen LogP contribution in [0.25, 0.3) is 5.76 Å². The molecule has 1 aliphatic rings. The predicted octanol–water partition coefficient (Wildman–Crippen LogP) is 3.48. The number of hydrogen-bond acceptors (Lipinski definition) is 7.